The fraction of sp³-hybridized carbons (Fsp3) is 0.375. The van der Waals surface area contributed by atoms with E-state index in [2.05, 4.69) is 5.32 Å². The number of rotatable bonds is 10. The van der Waals surface area contributed by atoms with Crippen molar-refractivity contribution in [3.8, 4) is 0 Å². The second-order valence-electron chi connectivity index (χ2n) is 8.10. The Bertz CT molecular complexity index is 1170. The van der Waals surface area contributed by atoms with Crippen LogP contribution in [0, 0.1) is 0 Å². The summed E-state index contributed by atoms with van der Waals surface area (Å²) in [4.78, 5) is 39.9. The lowest BCUT2D eigenvalue weighted by molar-refractivity contribution is -0.140. The Balaban J connectivity index is 1.76. The van der Waals surface area contributed by atoms with Gasteiger partial charge in [-0.05, 0) is 43.2 Å². The predicted octanol–water partition coefficient (Wildman–Crippen LogP) is 3.21. The van der Waals surface area contributed by atoms with E-state index < -0.39 is 27.9 Å². The number of sulfonamides is 1. The topological polar surface area (TPSA) is 104 Å². The van der Waals surface area contributed by atoms with Gasteiger partial charge in [-0.1, -0.05) is 49.2 Å². The lowest BCUT2D eigenvalue weighted by Gasteiger charge is -2.29. The summed E-state index contributed by atoms with van der Waals surface area (Å²) < 4.78 is 26.3. The molecule has 0 saturated carbocycles. The number of amides is 3. The molecule has 10 heteroatoms. The second-order valence-corrected chi connectivity index (χ2v) is 10.4. The molecule has 1 aliphatic rings. The van der Waals surface area contributed by atoms with Gasteiger partial charge in [-0.3, -0.25) is 14.4 Å². The molecule has 0 spiro atoms. The summed E-state index contributed by atoms with van der Waals surface area (Å²) >= 11 is 5.96. The third kappa shape index (κ3) is 5.59. The molecule has 0 fully saturated rings. The lowest BCUT2D eigenvalue weighted by atomic mass is 10.1. The van der Waals surface area contributed by atoms with Crippen molar-refractivity contribution in [3.05, 3.63) is 64.7 Å². The molecular weight excluding hydrogens is 478 g/mol. The summed E-state index contributed by atoms with van der Waals surface area (Å²) in [5.41, 5.74) is 0.861. The number of hydrogen-bond acceptors (Lipinski definition) is 5. The maximum absolute atomic E-state index is 13.2. The van der Waals surface area contributed by atoms with E-state index in [1.807, 2.05) is 6.92 Å². The lowest BCUT2D eigenvalue weighted by Crippen LogP contribution is -2.48. The minimum atomic E-state index is -4.01. The van der Waals surface area contributed by atoms with Gasteiger partial charge in [0.2, 0.25) is 11.8 Å². The highest BCUT2D eigenvalue weighted by molar-refractivity contribution is 7.90. The van der Waals surface area contributed by atoms with Gasteiger partial charge in [0.05, 0.1) is 5.56 Å². The van der Waals surface area contributed by atoms with Crippen molar-refractivity contribution < 1.29 is 22.8 Å². The minimum Gasteiger partial charge on any atom is -0.354 e. The zero-order valence-corrected chi connectivity index (χ0v) is 20.7. The fourth-order valence-corrected chi connectivity index (χ4v) is 5.39. The average molecular weight is 506 g/mol. The molecule has 182 valence electrons. The Morgan fingerprint density at radius 2 is 1.79 bits per heavy atom. The summed E-state index contributed by atoms with van der Waals surface area (Å²) in [7, 11) is -4.01. The molecule has 0 aromatic heterocycles. The van der Waals surface area contributed by atoms with Crippen LogP contribution in [-0.4, -0.2) is 54.5 Å². The van der Waals surface area contributed by atoms with Crippen LogP contribution in [-0.2, 0) is 26.2 Å². The van der Waals surface area contributed by atoms with Gasteiger partial charge in [-0.25, -0.2) is 12.7 Å². The van der Waals surface area contributed by atoms with Gasteiger partial charge in [0.25, 0.3) is 15.9 Å². The van der Waals surface area contributed by atoms with Crippen LogP contribution in [0.25, 0.3) is 0 Å². The number of carbonyl (C=O) groups is 3. The molecule has 1 N–H and O–H groups in total. The first kappa shape index (κ1) is 25.7. The van der Waals surface area contributed by atoms with Crippen LogP contribution < -0.4 is 5.32 Å². The number of unbranched alkanes of at least 4 members (excludes halogenated alkanes) is 1. The van der Waals surface area contributed by atoms with Crippen LogP contribution in [0.5, 0.6) is 0 Å². The number of fused-ring (bicyclic) bond motifs is 1. The van der Waals surface area contributed by atoms with E-state index in [1.54, 1.807) is 43.3 Å². The smallest absolute Gasteiger partial charge is 0.269 e. The minimum absolute atomic E-state index is 0.0610. The zero-order valence-electron chi connectivity index (χ0n) is 19.2. The molecule has 0 bridgehead atoms. The summed E-state index contributed by atoms with van der Waals surface area (Å²) in [6.45, 7) is 3.97. The van der Waals surface area contributed by atoms with E-state index in [4.69, 9.17) is 11.6 Å². The molecule has 0 saturated heterocycles. The van der Waals surface area contributed by atoms with Gasteiger partial charge in [-0.2, -0.15) is 0 Å². The quantitative estimate of drug-likeness (QED) is 0.499. The molecule has 0 radical (unpaired) electrons. The van der Waals surface area contributed by atoms with Gasteiger partial charge in [0.1, 0.15) is 10.9 Å². The highest BCUT2D eigenvalue weighted by Crippen LogP contribution is 2.30. The second kappa shape index (κ2) is 11.0. The van der Waals surface area contributed by atoms with Crippen LogP contribution in [0.2, 0.25) is 5.02 Å². The molecule has 1 unspecified atom stereocenters. The summed E-state index contributed by atoms with van der Waals surface area (Å²) in [5.74, 6) is -1.39. The summed E-state index contributed by atoms with van der Waals surface area (Å²) in [6.07, 6.45) is 1.49. The third-order valence-corrected chi connectivity index (χ3v) is 7.80. The van der Waals surface area contributed by atoms with Crippen molar-refractivity contribution in [2.24, 2.45) is 0 Å². The number of benzene rings is 2. The molecule has 2 aromatic carbocycles. The molecule has 2 aromatic rings. The van der Waals surface area contributed by atoms with Crippen LogP contribution >= 0.6 is 11.6 Å². The molecule has 3 rings (SSSR count). The van der Waals surface area contributed by atoms with Crippen LogP contribution in [0.3, 0.4) is 0 Å². The van der Waals surface area contributed by atoms with Crippen molar-refractivity contribution in [2.45, 2.75) is 50.6 Å². The van der Waals surface area contributed by atoms with Crippen LogP contribution in [0.4, 0.5) is 0 Å². The molecule has 3 amide bonds. The van der Waals surface area contributed by atoms with E-state index in [1.165, 1.54) is 17.0 Å². The Kier molecular flexibility index (Phi) is 8.33. The Labute approximate surface area is 204 Å². The number of nitrogens with zero attached hydrogens (tertiary/aromatic N) is 2. The number of carbonyl (C=O) groups excluding carboxylic acids is 3. The van der Waals surface area contributed by atoms with E-state index in [0.717, 1.165) is 22.7 Å². The SMILES string of the molecule is CCCCNC(=O)C(C)N(Cc1ccc(Cl)cc1)C(=O)CCN1C(=O)c2ccccc2S1(=O)=O. The average Bonchev–Trinajstić information content (AvgIpc) is 3.02. The maximum atomic E-state index is 13.2. The third-order valence-electron chi connectivity index (χ3n) is 5.70. The summed E-state index contributed by atoms with van der Waals surface area (Å²) in [5, 5.41) is 3.37. The van der Waals surface area contributed by atoms with E-state index >= 15 is 0 Å². The van der Waals surface area contributed by atoms with Crippen LogP contribution in [0.15, 0.2) is 53.4 Å². The molecule has 1 atom stereocenters. The van der Waals surface area contributed by atoms with Crippen molar-refractivity contribution in [1.29, 1.82) is 0 Å². The maximum Gasteiger partial charge on any atom is 0.269 e. The molecule has 0 aliphatic carbocycles. The first-order chi connectivity index (χ1) is 16.2. The van der Waals surface area contributed by atoms with Crippen molar-refractivity contribution >= 4 is 39.3 Å². The predicted molar refractivity (Wildman–Crippen MR) is 129 cm³/mol. The van der Waals surface area contributed by atoms with E-state index in [9.17, 15) is 22.8 Å². The largest absolute Gasteiger partial charge is 0.354 e. The van der Waals surface area contributed by atoms with Gasteiger partial charge in [0, 0.05) is 31.1 Å². The Morgan fingerprint density at radius 3 is 2.44 bits per heavy atom. The fourth-order valence-electron chi connectivity index (χ4n) is 3.70. The van der Waals surface area contributed by atoms with Crippen molar-refractivity contribution in [3.63, 3.8) is 0 Å². The van der Waals surface area contributed by atoms with Crippen LogP contribution in [0.1, 0.15) is 49.0 Å². The number of hydrogen-bond donors (Lipinski definition) is 1. The first-order valence-corrected chi connectivity index (χ1v) is 13.0. The first-order valence-electron chi connectivity index (χ1n) is 11.1. The number of halogens is 1. The normalized spacial score (nSPS) is 15.0. The van der Waals surface area contributed by atoms with Crippen molar-refractivity contribution in [1.82, 2.24) is 14.5 Å². The highest BCUT2D eigenvalue weighted by atomic mass is 35.5. The van der Waals surface area contributed by atoms with Gasteiger partial charge < -0.3 is 10.2 Å². The molecule has 1 aliphatic heterocycles. The monoisotopic (exact) mass is 505 g/mol. The van der Waals surface area contributed by atoms with Gasteiger partial charge in [0.15, 0.2) is 0 Å². The molecule has 8 nitrogen and oxygen atoms in total. The molecule has 34 heavy (non-hydrogen) atoms. The van der Waals surface area contributed by atoms with Gasteiger partial charge >= 0.3 is 0 Å². The standard InChI is InChI=1S/C24H28ClN3O5S/c1-3-4-14-26-23(30)17(2)27(16-18-9-11-19(25)12-10-18)22(29)13-15-28-24(31)20-7-5-6-8-21(20)34(28,32)33/h5-12,17H,3-4,13-16H2,1-2H3,(H,26,30). The van der Waals surface area contributed by atoms with Gasteiger partial charge in [-0.15, -0.1) is 0 Å². The Hall–Kier alpha value is -2.91. The highest BCUT2D eigenvalue weighted by Gasteiger charge is 2.41. The zero-order chi connectivity index (χ0) is 24.9. The molecular formula is C24H28ClN3O5S. The number of nitrogens with one attached hydrogen (secondary N) is 1. The van der Waals surface area contributed by atoms with E-state index in [0.29, 0.717) is 11.6 Å². The molecule has 1 heterocycles. The Morgan fingerprint density at radius 1 is 1.12 bits per heavy atom. The van der Waals surface area contributed by atoms with Crippen molar-refractivity contribution in [2.75, 3.05) is 13.1 Å². The van der Waals surface area contributed by atoms with E-state index in [-0.39, 0.29) is 35.9 Å². The summed E-state index contributed by atoms with van der Waals surface area (Å²) in [6, 6.07) is 12.1.